The van der Waals surface area contributed by atoms with E-state index in [1.54, 1.807) is 56.6 Å². The van der Waals surface area contributed by atoms with Crippen molar-refractivity contribution >= 4 is 46.6 Å². The zero-order chi connectivity index (χ0) is 39.2. The number of carbonyl (C=O) groups is 6. The fourth-order valence-electron chi connectivity index (χ4n) is 6.84. The summed E-state index contributed by atoms with van der Waals surface area (Å²) in [5, 5.41) is 6.43. The van der Waals surface area contributed by atoms with Gasteiger partial charge in [0.05, 0.1) is 12.1 Å². The van der Waals surface area contributed by atoms with Crippen LogP contribution in [0.25, 0.3) is 10.9 Å². The molecule has 0 unspecified atom stereocenters. The molecule has 0 spiro atoms. The summed E-state index contributed by atoms with van der Waals surface area (Å²) in [6.45, 7) is 12.1. The maximum atomic E-state index is 14.0. The smallest absolute Gasteiger partial charge is 0.409 e. The molecule has 3 fully saturated rings. The average Bonchev–Trinajstić information content (AvgIpc) is 3.60. The quantitative estimate of drug-likeness (QED) is 0.306. The second-order valence-electron chi connectivity index (χ2n) is 15.3. The molecule has 1 aliphatic carbocycles. The number of rotatable bonds is 12. The number of aromatic nitrogens is 1. The molecule has 3 aliphatic rings. The van der Waals surface area contributed by atoms with E-state index >= 15 is 0 Å². The Labute approximate surface area is 316 Å². The lowest BCUT2D eigenvalue weighted by molar-refractivity contribution is -0.155. The summed E-state index contributed by atoms with van der Waals surface area (Å²) < 4.78 is 16.8. The Kier molecular flexibility index (Phi) is 13.0. The van der Waals surface area contributed by atoms with Crippen molar-refractivity contribution in [3.8, 4) is 5.75 Å². The van der Waals surface area contributed by atoms with E-state index < -0.39 is 47.7 Å². The number of nitrogens with zero attached hydrogens (tertiary/aromatic N) is 4. The first-order chi connectivity index (χ1) is 25.6. The molecule has 294 valence electrons. The SMILES string of the molecule is CCOC(=O)N1CCN(C(=O)[C@H](CCC(=O)OC(C)(C)C)NC(=O)c2cc(O[C@H](C)C(=O)N3CCC[C@H]3C(=O)NC3CCC3)c3ccc(C)cc3n2)CC1. The number of benzene rings is 1. The molecule has 2 saturated heterocycles. The Bertz CT molecular complexity index is 1730. The van der Waals surface area contributed by atoms with Crippen molar-refractivity contribution in [3.63, 3.8) is 0 Å². The lowest BCUT2D eigenvalue weighted by atomic mass is 9.93. The number of hydrogen-bond donors (Lipinski definition) is 2. The van der Waals surface area contributed by atoms with E-state index in [2.05, 4.69) is 15.6 Å². The highest BCUT2D eigenvalue weighted by Gasteiger charge is 2.38. The Morgan fingerprint density at radius 1 is 0.926 bits per heavy atom. The highest BCUT2D eigenvalue weighted by molar-refractivity contribution is 6.00. The van der Waals surface area contributed by atoms with E-state index in [-0.39, 0.29) is 74.9 Å². The topological polar surface area (TPSA) is 177 Å². The summed E-state index contributed by atoms with van der Waals surface area (Å²) in [5.74, 6) is -1.84. The highest BCUT2D eigenvalue weighted by Crippen LogP contribution is 2.29. The standard InChI is InChI=1S/C39H54N6O9/c1-7-52-38(51)44-20-18-43(19-21-44)37(50)28(15-16-33(46)54-39(4,5)6)42-34(47)30-23-32(27-14-13-24(2)22-29(27)41-30)53-25(3)36(49)45-17-9-12-31(45)35(48)40-26-10-8-11-26/h13-14,22-23,25-26,28,31H,7-12,15-21H2,1-6H3,(H,40,48)(H,42,47)/t25-,28+,31+/m1/s1. The first kappa shape index (κ1) is 40.2. The van der Waals surface area contributed by atoms with Crippen LogP contribution in [0.15, 0.2) is 24.3 Å². The van der Waals surface area contributed by atoms with Crippen molar-refractivity contribution in [3.05, 3.63) is 35.5 Å². The number of carbonyl (C=O) groups excluding carboxylic acids is 6. The van der Waals surface area contributed by atoms with Crippen LogP contribution in [-0.4, -0.2) is 125 Å². The van der Waals surface area contributed by atoms with E-state index in [1.807, 2.05) is 13.0 Å². The molecular formula is C39H54N6O9. The molecule has 3 heterocycles. The van der Waals surface area contributed by atoms with Gasteiger partial charge in [0, 0.05) is 56.6 Å². The van der Waals surface area contributed by atoms with Crippen LogP contribution >= 0.6 is 0 Å². The van der Waals surface area contributed by atoms with E-state index in [9.17, 15) is 28.8 Å². The lowest BCUT2D eigenvalue weighted by Gasteiger charge is -2.36. The molecule has 1 aromatic carbocycles. The number of fused-ring (bicyclic) bond motifs is 1. The van der Waals surface area contributed by atoms with Gasteiger partial charge in [0.1, 0.15) is 29.1 Å². The molecule has 2 aliphatic heterocycles. The molecule has 3 atom stereocenters. The number of ether oxygens (including phenoxy) is 3. The Morgan fingerprint density at radius 2 is 1.63 bits per heavy atom. The van der Waals surface area contributed by atoms with Crippen molar-refractivity contribution in [1.29, 1.82) is 0 Å². The molecule has 15 heteroatoms. The largest absolute Gasteiger partial charge is 0.480 e. The molecule has 0 bridgehead atoms. The summed E-state index contributed by atoms with van der Waals surface area (Å²) >= 11 is 0. The zero-order valence-corrected chi connectivity index (χ0v) is 32.3. The van der Waals surface area contributed by atoms with Crippen molar-refractivity contribution in [2.45, 2.75) is 116 Å². The number of nitrogens with one attached hydrogen (secondary N) is 2. The molecule has 15 nitrogen and oxygen atoms in total. The minimum absolute atomic E-state index is 0.0372. The van der Waals surface area contributed by atoms with Crippen LogP contribution in [0, 0.1) is 6.92 Å². The molecule has 5 rings (SSSR count). The molecule has 2 aromatic rings. The first-order valence-electron chi connectivity index (χ1n) is 19.1. The van der Waals surface area contributed by atoms with Gasteiger partial charge in [-0.2, -0.15) is 0 Å². The summed E-state index contributed by atoms with van der Waals surface area (Å²) in [4.78, 5) is 88.8. The third kappa shape index (κ3) is 10.2. The molecule has 54 heavy (non-hydrogen) atoms. The summed E-state index contributed by atoms with van der Waals surface area (Å²) in [6.07, 6.45) is 2.65. The second-order valence-corrected chi connectivity index (χ2v) is 15.3. The van der Waals surface area contributed by atoms with E-state index in [1.165, 1.54) is 11.0 Å². The number of likely N-dealkylation sites (tertiary alicyclic amines) is 1. The monoisotopic (exact) mass is 750 g/mol. The fourth-order valence-corrected chi connectivity index (χ4v) is 6.84. The van der Waals surface area contributed by atoms with Crippen molar-refractivity contribution in [2.75, 3.05) is 39.3 Å². The summed E-state index contributed by atoms with van der Waals surface area (Å²) in [5.41, 5.74) is 0.544. The van der Waals surface area contributed by atoms with Crippen molar-refractivity contribution in [2.24, 2.45) is 0 Å². The van der Waals surface area contributed by atoms with Gasteiger partial charge in [-0.05, 0) is 97.8 Å². The Hall–Kier alpha value is -4.95. The Morgan fingerprint density at radius 3 is 2.28 bits per heavy atom. The molecule has 2 N–H and O–H groups in total. The second kappa shape index (κ2) is 17.5. The van der Waals surface area contributed by atoms with Crippen LogP contribution in [0.3, 0.4) is 0 Å². The third-order valence-corrected chi connectivity index (χ3v) is 9.88. The fraction of sp³-hybridized carbons (Fsp3) is 0.615. The summed E-state index contributed by atoms with van der Waals surface area (Å²) in [7, 11) is 0. The van der Waals surface area contributed by atoms with Crippen molar-refractivity contribution < 1.29 is 43.0 Å². The van der Waals surface area contributed by atoms with Crippen LogP contribution in [-0.2, 0) is 28.7 Å². The van der Waals surface area contributed by atoms with Crippen molar-refractivity contribution in [1.82, 2.24) is 30.3 Å². The van der Waals surface area contributed by atoms with Gasteiger partial charge in [-0.15, -0.1) is 0 Å². The van der Waals surface area contributed by atoms with E-state index in [0.29, 0.717) is 30.3 Å². The molecule has 0 radical (unpaired) electrons. The first-order valence-corrected chi connectivity index (χ1v) is 19.1. The maximum absolute atomic E-state index is 14.0. The van der Waals surface area contributed by atoms with Gasteiger partial charge >= 0.3 is 12.1 Å². The molecular weight excluding hydrogens is 696 g/mol. The van der Waals surface area contributed by atoms with Gasteiger partial charge in [-0.25, -0.2) is 9.78 Å². The van der Waals surface area contributed by atoms with Gasteiger partial charge in [0.2, 0.25) is 11.8 Å². The average molecular weight is 751 g/mol. The maximum Gasteiger partial charge on any atom is 0.409 e. The normalized spacial score (nSPS) is 18.7. The lowest BCUT2D eigenvalue weighted by Crippen LogP contribution is -2.56. The highest BCUT2D eigenvalue weighted by atomic mass is 16.6. The third-order valence-electron chi connectivity index (χ3n) is 9.88. The van der Waals surface area contributed by atoms with Gasteiger partial charge in [-0.3, -0.25) is 24.0 Å². The van der Waals surface area contributed by atoms with Gasteiger partial charge < -0.3 is 39.5 Å². The zero-order valence-electron chi connectivity index (χ0n) is 32.3. The summed E-state index contributed by atoms with van der Waals surface area (Å²) in [6, 6.07) is 5.39. The van der Waals surface area contributed by atoms with E-state index in [0.717, 1.165) is 24.8 Å². The predicted octanol–water partition coefficient (Wildman–Crippen LogP) is 3.49. The number of amides is 5. The number of esters is 1. The van der Waals surface area contributed by atoms with Crippen LogP contribution in [0.2, 0.25) is 0 Å². The van der Waals surface area contributed by atoms with Crippen LogP contribution < -0.4 is 15.4 Å². The number of aryl methyl sites for hydroxylation is 1. The van der Waals surface area contributed by atoms with Crippen LogP contribution in [0.5, 0.6) is 5.75 Å². The predicted molar refractivity (Wildman–Crippen MR) is 199 cm³/mol. The number of pyridine rings is 1. The van der Waals surface area contributed by atoms with E-state index in [4.69, 9.17) is 14.2 Å². The van der Waals surface area contributed by atoms with Crippen LogP contribution in [0.4, 0.5) is 4.79 Å². The molecule has 5 amide bonds. The van der Waals surface area contributed by atoms with Crippen LogP contribution in [0.1, 0.15) is 95.6 Å². The van der Waals surface area contributed by atoms with Gasteiger partial charge in [-0.1, -0.05) is 6.07 Å². The Balaban J connectivity index is 1.34. The van der Waals surface area contributed by atoms with Gasteiger partial charge in [0.15, 0.2) is 6.10 Å². The minimum atomic E-state index is -1.11. The molecule has 1 aromatic heterocycles. The number of piperazine rings is 1. The molecule has 1 saturated carbocycles. The van der Waals surface area contributed by atoms with Gasteiger partial charge in [0.25, 0.3) is 11.8 Å². The minimum Gasteiger partial charge on any atom is -0.480 e. The number of hydrogen-bond acceptors (Lipinski definition) is 10.